The highest BCUT2D eigenvalue weighted by Gasteiger charge is 2.16. The molecule has 0 radical (unpaired) electrons. The van der Waals surface area contributed by atoms with E-state index in [-0.39, 0.29) is 5.56 Å². The van der Waals surface area contributed by atoms with E-state index in [4.69, 9.17) is 4.74 Å². The minimum Gasteiger partial charge on any atom is -0.490 e. The third-order valence-electron chi connectivity index (χ3n) is 3.37. The van der Waals surface area contributed by atoms with E-state index in [1.807, 2.05) is 31.2 Å². The molecule has 0 aliphatic carbocycles. The van der Waals surface area contributed by atoms with Gasteiger partial charge in [-0.25, -0.2) is 4.98 Å². The second-order valence-corrected chi connectivity index (χ2v) is 4.65. The molecule has 0 saturated carbocycles. The van der Waals surface area contributed by atoms with Crippen LogP contribution in [-0.2, 0) is 13.0 Å². The molecule has 2 aromatic rings. The van der Waals surface area contributed by atoms with Gasteiger partial charge in [-0.2, -0.15) is 0 Å². The summed E-state index contributed by atoms with van der Waals surface area (Å²) >= 11 is 0. The van der Waals surface area contributed by atoms with Crippen LogP contribution in [0.1, 0.15) is 19.2 Å². The summed E-state index contributed by atoms with van der Waals surface area (Å²) in [5, 5.41) is 0.642. The van der Waals surface area contributed by atoms with Crippen LogP contribution >= 0.6 is 0 Å². The van der Waals surface area contributed by atoms with Crippen molar-refractivity contribution in [2.45, 2.75) is 26.3 Å². The maximum atomic E-state index is 12.4. The van der Waals surface area contributed by atoms with E-state index in [0.29, 0.717) is 17.7 Å². The van der Waals surface area contributed by atoms with Crippen molar-refractivity contribution in [1.29, 1.82) is 0 Å². The van der Waals surface area contributed by atoms with E-state index in [1.54, 1.807) is 10.6 Å². The van der Waals surface area contributed by atoms with Crippen LogP contribution in [0.4, 0.5) is 0 Å². The van der Waals surface area contributed by atoms with Gasteiger partial charge in [-0.1, -0.05) is 12.2 Å². The van der Waals surface area contributed by atoms with Gasteiger partial charge in [0, 0.05) is 13.0 Å². The zero-order valence-corrected chi connectivity index (χ0v) is 10.9. The van der Waals surface area contributed by atoms with Crippen molar-refractivity contribution in [2.24, 2.45) is 0 Å². The van der Waals surface area contributed by atoms with Gasteiger partial charge in [0.2, 0.25) is 0 Å². The molecule has 1 aromatic carbocycles. The summed E-state index contributed by atoms with van der Waals surface area (Å²) in [5.41, 5.74) is 0.811. The quantitative estimate of drug-likeness (QED) is 0.791. The van der Waals surface area contributed by atoms with E-state index in [0.717, 1.165) is 30.7 Å². The summed E-state index contributed by atoms with van der Waals surface area (Å²) in [7, 11) is 0. The fourth-order valence-electron chi connectivity index (χ4n) is 2.39. The van der Waals surface area contributed by atoms with Crippen LogP contribution in [0.5, 0.6) is 5.75 Å². The van der Waals surface area contributed by atoms with Crippen LogP contribution in [0.25, 0.3) is 10.9 Å². The van der Waals surface area contributed by atoms with Gasteiger partial charge < -0.3 is 4.74 Å². The second-order valence-electron chi connectivity index (χ2n) is 4.65. The number of hydrogen-bond acceptors (Lipinski definition) is 3. The first-order valence-electron chi connectivity index (χ1n) is 6.57. The van der Waals surface area contributed by atoms with Crippen molar-refractivity contribution in [1.82, 2.24) is 9.55 Å². The Morgan fingerprint density at radius 2 is 2.37 bits per heavy atom. The van der Waals surface area contributed by atoms with Gasteiger partial charge in [-0.15, -0.1) is 0 Å². The molecule has 0 unspecified atom stereocenters. The SMILES string of the molecule is C/C=C/COc1ccc2nc3n(c(=O)c2c1)CCC3. The fraction of sp³-hybridized carbons (Fsp3) is 0.333. The van der Waals surface area contributed by atoms with Gasteiger partial charge in [0.1, 0.15) is 18.2 Å². The molecule has 0 N–H and O–H groups in total. The molecular formula is C15H16N2O2. The summed E-state index contributed by atoms with van der Waals surface area (Å²) in [4.78, 5) is 16.9. The first kappa shape index (κ1) is 12.0. The van der Waals surface area contributed by atoms with Crippen molar-refractivity contribution in [2.75, 3.05) is 6.61 Å². The van der Waals surface area contributed by atoms with Crippen molar-refractivity contribution in [3.05, 3.63) is 46.5 Å². The van der Waals surface area contributed by atoms with Crippen LogP contribution in [0.15, 0.2) is 35.1 Å². The first-order valence-corrected chi connectivity index (χ1v) is 6.57. The molecule has 0 fully saturated rings. The number of nitrogens with zero attached hydrogens (tertiary/aromatic N) is 2. The molecule has 0 saturated heterocycles. The predicted molar refractivity (Wildman–Crippen MR) is 74.6 cm³/mol. The Balaban J connectivity index is 2.05. The number of hydrogen-bond donors (Lipinski definition) is 0. The largest absolute Gasteiger partial charge is 0.490 e. The summed E-state index contributed by atoms with van der Waals surface area (Å²) in [6.07, 6.45) is 5.76. The Hall–Kier alpha value is -2.10. The molecule has 3 rings (SSSR count). The number of benzene rings is 1. The van der Waals surface area contributed by atoms with Crippen LogP contribution in [0.2, 0.25) is 0 Å². The Bertz CT molecular complexity index is 701. The number of ether oxygens (including phenoxy) is 1. The molecule has 2 heterocycles. The Kier molecular flexibility index (Phi) is 3.07. The van der Waals surface area contributed by atoms with E-state index in [1.165, 1.54) is 0 Å². The zero-order valence-electron chi connectivity index (χ0n) is 10.9. The fourth-order valence-corrected chi connectivity index (χ4v) is 2.39. The number of aryl methyl sites for hydroxylation is 1. The molecule has 1 aromatic heterocycles. The number of fused-ring (bicyclic) bond motifs is 2. The molecule has 4 nitrogen and oxygen atoms in total. The Morgan fingerprint density at radius 3 is 3.21 bits per heavy atom. The number of rotatable bonds is 3. The van der Waals surface area contributed by atoms with Crippen LogP contribution < -0.4 is 10.3 Å². The Labute approximate surface area is 111 Å². The molecule has 0 spiro atoms. The summed E-state index contributed by atoms with van der Waals surface area (Å²) in [6.45, 7) is 3.24. The summed E-state index contributed by atoms with van der Waals surface area (Å²) < 4.78 is 7.34. The van der Waals surface area contributed by atoms with Gasteiger partial charge >= 0.3 is 0 Å². The maximum Gasteiger partial charge on any atom is 0.261 e. The van der Waals surface area contributed by atoms with Gasteiger partial charge in [0.05, 0.1) is 10.9 Å². The molecule has 1 aliphatic rings. The number of aromatic nitrogens is 2. The van der Waals surface area contributed by atoms with Crippen molar-refractivity contribution < 1.29 is 4.74 Å². The van der Waals surface area contributed by atoms with Crippen LogP contribution in [0.3, 0.4) is 0 Å². The third-order valence-corrected chi connectivity index (χ3v) is 3.37. The third kappa shape index (κ3) is 2.14. The highest BCUT2D eigenvalue weighted by Crippen LogP contribution is 2.19. The molecule has 0 atom stereocenters. The molecule has 19 heavy (non-hydrogen) atoms. The molecular weight excluding hydrogens is 240 g/mol. The van der Waals surface area contributed by atoms with Gasteiger partial charge in [-0.05, 0) is 31.5 Å². The van der Waals surface area contributed by atoms with Crippen LogP contribution in [0, 0.1) is 0 Å². The van der Waals surface area contributed by atoms with E-state index < -0.39 is 0 Å². The summed E-state index contributed by atoms with van der Waals surface area (Å²) in [5.74, 6) is 1.61. The van der Waals surface area contributed by atoms with Gasteiger partial charge in [-0.3, -0.25) is 9.36 Å². The van der Waals surface area contributed by atoms with E-state index >= 15 is 0 Å². The Morgan fingerprint density at radius 1 is 1.47 bits per heavy atom. The highest BCUT2D eigenvalue weighted by atomic mass is 16.5. The molecule has 4 heteroatoms. The number of allylic oxidation sites excluding steroid dienone is 1. The normalized spacial score (nSPS) is 14.2. The zero-order chi connectivity index (χ0) is 13.2. The molecule has 1 aliphatic heterocycles. The van der Waals surface area contributed by atoms with E-state index in [9.17, 15) is 4.79 Å². The van der Waals surface area contributed by atoms with Crippen molar-refractivity contribution >= 4 is 10.9 Å². The average Bonchev–Trinajstić information content (AvgIpc) is 2.88. The first-order chi connectivity index (χ1) is 9.29. The van der Waals surface area contributed by atoms with Crippen molar-refractivity contribution in [3.63, 3.8) is 0 Å². The lowest BCUT2D eigenvalue weighted by atomic mass is 10.2. The second kappa shape index (κ2) is 4.88. The topological polar surface area (TPSA) is 44.1 Å². The lowest BCUT2D eigenvalue weighted by Gasteiger charge is -2.07. The molecule has 0 bridgehead atoms. The van der Waals surface area contributed by atoms with Crippen LogP contribution in [-0.4, -0.2) is 16.2 Å². The highest BCUT2D eigenvalue weighted by molar-refractivity contribution is 5.79. The minimum absolute atomic E-state index is 0.0500. The average molecular weight is 256 g/mol. The predicted octanol–water partition coefficient (Wildman–Crippen LogP) is 2.30. The van der Waals surface area contributed by atoms with Crippen molar-refractivity contribution in [3.8, 4) is 5.75 Å². The van der Waals surface area contributed by atoms with Gasteiger partial charge in [0.15, 0.2) is 0 Å². The monoisotopic (exact) mass is 256 g/mol. The lowest BCUT2D eigenvalue weighted by molar-refractivity contribution is 0.363. The smallest absolute Gasteiger partial charge is 0.261 e. The van der Waals surface area contributed by atoms with Gasteiger partial charge in [0.25, 0.3) is 5.56 Å². The molecule has 98 valence electrons. The molecule has 0 amide bonds. The summed E-state index contributed by atoms with van der Waals surface area (Å²) in [6, 6.07) is 5.52. The maximum absolute atomic E-state index is 12.4. The van der Waals surface area contributed by atoms with E-state index in [2.05, 4.69) is 4.98 Å². The minimum atomic E-state index is 0.0500. The lowest BCUT2D eigenvalue weighted by Crippen LogP contribution is -2.20. The standard InChI is InChI=1S/C15H16N2O2/c1-2-3-9-19-11-6-7-13-12(10-11)15(18)17-8-4-5-14(17)16-13/h2-3,6-7,10H,4-5,8-9H2,1H3/b3-2+.